The van der Waals surface area contributed by atoms with Gasteiger partial charge in [-0.15, -0.1) is 0 Å². The molecule has 2 aromatic carbocycles. The first-order chi connectivity index (χ1) is 13.5. The van der Waals surface area contributed by atoms with Crippen molar-refractivity contribution < 1.29 is 13.5 Å². The first-order valence-electron chi connectivity index (χ1n) is 8.31. The molecule has 8 heteroatoms. The van der Waals surface area contributed by atoms with Gasteiger partial charge in [-0.25, -0.2) is 23.1 Å². The quantitative estimate of drug-likeness (QED) is 0.590. The molecule has 4 rings (SSSR count). The van der Waals surface area contributed by atoms with Crippen molar-refractivity contribution in [3.8, 4) is 11.6 Å². The lowest BCUT2D eigenvalue weighted by atomic mass is 10.2. The summed E-state index contributed by atoms with van der Waals surface area (Å²) in [4.78, 5) is 31.7. The van der Waals surface area contributed by atoms with E-state index in [0.29, 0.717) is 10.9 Å². The summed E-state index contributed by atoms with van der Waals surface area (Å²) in [5.74, 6) is -1.22. The van der Waals surface area contributed by atoms with E-state index in [2.05, 4.69) is 9.97 Å². The number of hydrogen-bond donors (Lipinski definition) is 1. The van der Waals surface area contributed by atoms with Crippen LogP contribution in [-0.4, -0.2) is 14.5 Å². The van der Waals surface area contributed by atoms with Crippen LogP contribution in [0.5, 0.6) is 5.75 Å². The number of aromatic amines is 1. The molecule has 0 radical (unpaired) electrons. The van der Waals surface area contributed by atoms with E-state index in [1.54, 1.807) is 24.3 Å². The third kappa shape index (κ3) is 3.16. The van der Waals surface area contributed by atoms with E-state index in [1.165, 1.54) is 24.4 Å². The maximum Gasteiger partial charge on any atom is 0.334 e. The van der Waals surface area contributed by atoms with Gasteiger partial charge in [0.15, 0.2) is 0 Å². The maximum atomic E-state index is 13.7. The fraction of sp³-hybridized carbons (Fsp3) is 0.0500. The number of aromatic nitrogens is 3. The molecular weight excluding hydrogens is 368 g/mol. The van der Waals surface area contributed by atoms with Gasteiger partial charge in [-0.05, 0) is 30.3 Å². The number of nitrogens with one attached hydrogen (secondary N) is 1. The number of ether oxygens (including phenoxy) is 1. The lowest BCUT2D eigenvalue weighted by Gasteiger charge is -2.10. The van der Waals surface area contributed by atoms with Crippen molar-refractivity contribution in [1.29, 1.82) is 0 Å². The summed E-state index contributed by atoms with van der Waals surface area (Å²) in [7, 11) is 0. The Bertz CT molecular complexity index is 1280. The van der Waals surface area contributed by atoms with Gasteiger partial charge in [0.1, 0.15) is 29.8 Å². The summed E-state index contributed by atoms with van der Waals surface area (Å²) < 4.78 is 33.8. The van der Waals surface area contributed by atoms with Crippen LogP contribution in [0.3, 0.4) is 0 Å². The van der Waals surface area contributed by atoms with Crippen molar-refractivity contribution in [2.45, 2.75) is 6.61 Å². The van der Waals surface area contributed by atoms with Crippen molar-refractivity contribution in [3.63, 3.8) is 0 Å². The summed E-state index contributed by atoms with van der Waals surface area (Å²) in [5.41, 5.74) is -1.00. The Kier molecular flexibility index (Phi) is 4.44. The van der Waals surface area contributed by atoms with E-state index in [0.717, 1.165) is 16.7 Å². The van der Waals surface area contributed by atoms with Crippen LogP contribution in [0.4, 0.5) is 8.78 Å². The van der Waals surface area contributed by atoms with Crippen LogP contribution in [0.15, 0.2) is 70.4 Å². The third-order valence-corrected chi connectivity index (χ3v) is 4.20. The van der Waals surface area contributed by atoms with Gasteiger partial charge in [-0.1, -0.05) is 18.2 Å². The second-order valence-electron chi connectivity index (χ2n) is 5.95. The number of benzene rings is 2. The molecule has 0 bridgehead atoms. The van der Waals surface area contributed by atoms with E-state index in [1.807, 2.05) is 0 Å². The van der Waals surface area contributed by atoms with Crippen molar-refractivity contribution in [3.05, 3.63) is 98.8 Å². The van der Waals surface area contributed by atoms with E-state index in [-0.39, 0.29) is 23.7 Å². The summed E-state index contributed by atoms with van der Waals surface area (Å²) in [6.45, 7) is -0.356. The molecule has 0 aliphatic rings. The minimum atomic E-state index is -0.725. The minimum absolute atomic E-state index is 0.0310. The van der Waals surface area contributed by atoms with Crippen LogP contribution in [0.1, 0.15) is 5.56 Å². The van der Waals surface area contributed by atoms with Gasteiger partial charge in [0.2, 0.25) is 0 Å². The number of para-hydroxylation sites is 1. The van der Waals surface area contributed by atoms with Crippen molar-refractivity contribution >= 4 is 10.9 Å². The predicted octanol–water partition coefficient (Wildman–Crippen LogP) is 2.93. The Morgan fingerprint density at radius 2 is 1.75 bits per heavy atom. The molecule has 4 aromatic rings. The second kappa shape index (κ2) is 7.07. The molecule has 0 aliphatic heterocycles. The second-order valence-corrected chi connectivity index (χ2v) is 5.95. The molecule has 0 atom stereocenters. The number of pyridine rings is 1. The Morgan fingerprint density at radius 1 is 1.00 bits per heavy atom. The zero-order valence-electron chi connectivity index (χ0n) is 14.4. The topological polar surface area (TPSA) is 77.0 Å². The van der Waals surface area contributed by atoms with E-state index < -0.39 is 22.9 Å². The Morgan fingerprint density at radius 3 is 2.54 bits per heavy atom. The minimum Gasteiger partial charge on any atom is -0.488 e. The molecule has 1 N–H and O–H groups in total. The Labute approximate surface area is 156 Å². The van der Waals surface area contributed by atoms with Gasteiger partial charge >= 0.3 is 5.69 Å². The number of fused-ring (bicyclic) bond motifs is 1. The molecule has 0 amide bonds. The fourth-order valence-electron chi connectivity index (χ4n) is 2.81. The lowest BCUT2D eigenvalue weighted by Crippen LogP contribution is -2.34. The summed E-state index contributed by atoms with van der Waals surface area (Å²) in [6.07, 6.45) is 1.34. The maximum absolute atomic E-state index is 13.7. The van der Waals surface area contributed by atoms with Crippen molar-refractivity contribution in [2.75, 3.05) is 0 Å². The average Bonchev–Trinajstić information content (AvgIpc) is 2.68. The van der Waals surface area contributed by atoms with Gasteiger partial charge < -0.3 is 9.72 Å². The van der Waals surface area contributed by atoms with Crippen molar-refractivity contribution in [2.24, 2.45) is 0 Å². The molecule has 0 saturated carbocycles. The Hall–Kier alpha value is -3.81. The van der Waals surface area contributed by atoms with Gasteiger partial charge in [0, 0.05) is 12.3 Å². The smallest absolute Gasteiger partial charge is 0.334 e. The van der Waals surface area contributed by atoms with Crippen LogP contribution in [0.25, 0.3) is 16.7 Å². The highest BCUT2D eigenvalue weighted by atomic mass is 19.1. The van der Waals surface area contributed by atoms with Gasteiger partial charge in [-0.3, -0.25) is 4.79 Å². The molecule has 0 unspecified atom stereocenters. The van der Waals surface area contributed by atoms with Crippen LogP contribution in [0, 0.1) is 11.6 Å². The normalized spacial score (nSPS) is 10.9. The van der Waals surface area contributed by atoms with Crippen LogP contribution in [0.2, 0.25) is 0 Å². The molecule has 0 spiro atoms. The zero-order chi connectivity index (χ0) is 19.7. The monoisotopic (exact) mass is 381 g/mol. The molecule has 28 heavy (non-hydrogen) atoms. The van der Waals surface area contributed by atoms with Gasteiger partial charge in [0.05, 0.1) is 16.5 Å². The fourth-order valence-corrected chi connectivity index (χ4v) is 2.81. The van der Waals surface area contributed by atoms with Crippen LogP contribution in [-0.2, 0) is 6.61 Å². The number of hydrogen-bond acceptors (Lipinski definition) is 4. The molecule has 2 heterocycles. The first kappa shape index (κ1) is 17.6. The largest absolute Gasteiger partial charge is 0.488 e. The van der Waals surface area contributed by atoms with E-state index >= 15 is 0 Å². The summed E-state index contributed by atoms with van der Waals surface area (Å²) in [6, 6.07) is 12.9. The lowest BCUT2D eigenvalue weighted by molar-refractivity contribution is 0.292. The summed E-state index contributed by atoms with van der Waals surface area (Å²) in [5, 5.41) is 0.323. The first-order valence-corrected chi connectivity index (χ1v) is 8.31. The predicted molar refractivity (Wildman–Crippen MR) is 98.7 cm³/mol. The highest BCUT2D eigenvalue weighted by Gasteiger charge is 2.12. The van der Waals surface area contributed by atoms with Crippen molar-refractivity contribution in [1.82, 2.24) is 14.5 Å². The number of rotatable bonds is 4. The highest BCUT2D eigenvalue weighted by molar-refractivity contribution is 5.77. The van der Waals surface area contributed by atoms with Crippen LogP contribution < -0.4 is 16.0 Å². The summed E-state index contributed by atoms with van der Waals surface area (Å²) >= 11 is 0. The van der Waals surface area contributed by atoms with Gasteiger partial charge in [-0.2, -0.15) is 0 Å². The molecule has 0 fully saturated rings. The molecule has 0 aliphatic carbocycles. The Balaban J connectivity index is 1.71. The standard InChI is InChI=1S/C20H13F2N3O3/c21-15-5-3-6-16(22)14(15)11-28-12-8-9-23-18(10-12)25-19(26)13-4-1-2-7-17(13)24-20(25)27/h1-10H,11H2,(H,24,27). The SMILES string of the molecule is O=c1[nH]c2ccccc2c(=O)n1-c1cc(OCc2c(F)cccc2F)ccn1. The molecule has 6 nitrogen and oxygen atoms in total. The zero-order valence-corrected chi connectivity index (χ0v) is 14.4. The number of halogens is 2. The molecule has 0 saturated heterocycles. The molecule has 2 aromatic heterocycles. The molecular formula is C20H13F2N3O3. The number of nitrogens with zero attached hydrogens (tertiary/aromatic N) is 2. The highest BCUT2D eigenvalue weighted by Crippen LogP contribution is 2.18. The third-order valence-electron chi connectivity index (χ3n) is 4.20. The van der Waals surface area contributed by atoms with E-state index in [9.17, 15) is 18.4 Å². The van der Waals surface area contributed by atoms with Crippen LogP contribution >= 0.6 is 0 Å². The average molecular weight is 381 g/mol. The number of H-pyrrole nitrogens is 1. The van der Waals surface area contributed by atoms with E-state index in [4.69, 9.17) is 4.74 Å². The molecule has 140 valence electrons. The van der Waals surface area contributed by atoms with Gasteiger partial charge in [0.25, 0.3) is 5.56 Å².